The first kappa shape index (κ1) is 22.2. The second kappa shape index (κ2) is 10.1. The highest BCUT2D eigenvalue weighted by atomic mass is 32.1. The average molecular weight is 453 g/mol. The number of para-hydroxylation sites is 1. The van der Waals surface area contributed by atoms with Gasteiger partial charge in [0.25, 0.3) is 0 Å². The Morgan fingerprint density at radius 2 is 1.88 bits per heavy atom. The van der Waals surface area contributed by atoms with E-state index in [2.05, 4.69) is 35.7 Å². The maximum atomic E-state index is 12.9. The third-order valence-electron chi connectivity index (χ3n) is 5.86. The van der Waals surface area contributed by atoms with E-state index in [1.807, 2.05) is 30.3 Å². The molecule has 7 nitrogen and oxygen atoms in total. The summed E-state index contributed by atoms with van der Waals surface area (Å²) >= 11 is 1.63. The number of carbonyl (C=O) groups excluding carboxylic acids is 2. The summed E-state index contributed by atoms with van der Waals surface area (Å²) in [5.41, 5.74) is 6.04. The predicted octanol–water partition coefficient (Wildman–Crippen LogP) is 4.24. The first-order chi connectivity index (χ1) is 15.6. The largest absolute Gasteiger partial charge is 0.454 e. The number of carbonyl (C=O) groups is 2. The van der Waals surface area contributed by atoms with Crippen LogP contribution in [-0.4, -0.2) is 34.8 Å². The third-order valence-corrected chi connectivity index (χ3v) is 7.02. The van der Waals surface area contributed by atoms with E-state index < -0.39 is 5.91 Å². The number of allylic oxidation sites excluding steroid dienone is 2. The first-order valence-corrected chi connectivity index (χ1v) is 11.8. The number of hydrazine groups is 1. The van der Waals surface area contributed by atoms with Gasteiger partial charge in [0, 0.05) is 5.92 Å². The molecule has 2 heterocycles. The van der Waals surface area contributed by atoms with Crippen LogP contribution in [0.5, 0.6) is 0 Å². The van der Waals surface area contributed by atoms with Crippen LogP contribution in [0.4, 0.5) is 0 Å². The number of nitrogens with zero attached hydrogens (tertiary/aromatic N) is 2. The van der Waals surface area contributed by atoms with Crippen LogP contribution in [0.3, 0.4) is 0 Å². The molecule has 1 aromatic carbocycles. The van der Waals surface area contributed by atoms with Crippen molar-refractivity contribution >= 4 is 33.4 Å². The molecule has 8 heteroatoms. The minimum atomic E-state index is -0.466. The topological polar surface area (TPSA) is 87.5 Å². The van der Waals surface area contributed by atoms with E-state index in [4.69, 9.17) is 9.40 Å². The number of nitrogens with one attached hydrogen (secondary N) is 2. The van der Waals surface area contributed by atoms with Crippen molar-refractivity contribution < 1.29 is 14.0 Å². The monoisotopic (exact) mass is 452 g/mol. The van der Waals surface area contributed by atoms with Gasteiger partial charge < -0.3 is 4.42 Å². The van der Waals surface area contributed by atoms with E-state index in [9.17, 15) is 9.59 Å². The normalized spacial score (nSPS) is 18.2. The van der Waals surface area contributed by atoms with Crippen molar-refractivity contribution in [3.8, 4) is 0 Å². The number of fused-ring (bicyclic) bond motifs is 1. The Morgan fingerprint density at radius 3 is 2.66 bits per heavy atom. The molecule has 0 saturated carbocycles. The maximum absolute atomic E-state index is 12.9. The Labute approximate surface area is 191 Å². The fraction of sp³-hybridized carbons (Fsp3) is 0.375. The summed E-state index contributed by atoms with van der Waals surface area (Å²) in [6.07, 6.45) is 5.47. The van der Waals surface area contributed by atoms with Gasteiger partial charge in [-0.3, -0.25) is 25.3 Å². The lowest BCUT2D eigenvalue weighted by Crippen LogP contribution is -2.46. The fourth-order valence-electron chi connectivity index (χ4n) is 3.95. The van der Waals surface area contributed by atoms with Crippen LogP contribution < -0.4 is 10.9 Å². The molecule has 0 saturated heterocycles. The number of aromatic nitrogens is 1. The number of thiazole rings is 1. The third kappa shape index (κ3) is 4.92. The van der Waals surface area contributed by atoms with Gasteiger partial charge in [0.15, 0.2) is 5.76 Å². The zero-order valence-corrected chi connectivity index (χ0v) is 19.2. The van der Waals surface area contributed by atoms with Gasteiger partial charge in [-0.1, -0.05) is 38.1 Å². The number of amides is 2. The molecule has 1 aliphatic carbocycles. The Kier molecular flexibility index (Phi) is 7.02. The molecule has 0 fully saturated rings. The number of hydrogen-bond donors (Lipinski definition) is 2. The molecule has 2 amide bonds. The van der Waals surface area contributed by atoms with Gasteiger partial charge in [0.1, 0.15) is 5.76 Å². The van der Waals surface area contributed by atoms with Gasteiger partial charge in [0.05, 0.1) is 27.7 Å². The van der Waals surface area contributed by atoms with E-state index in [-0.39, 0.29) is 23.5 Å². The molecule has 0 radical (unpaired) electrons. The number of benzene rings is 1. The van der Waals surface area contributed by atoms with E-state index in [1.54, 1.807) is 23.5 Å². The van der Waals surface area contributed by atoms with Gasteiger partial charge in [-0.2, -0.15) is 0 Å². The second-order valence-electron chi connectivity index (χ2n) is 7.85. The van der Waals surface area contributed by atoms with Gasteiger partial charge in [-0.25, -0.2) is 4.98 Å². The Balaban J connectivity index is 1.38. The molecule has 4 rings (SSSR count). The minimum Gasteiger partial charge on any atom is -0.454 e. The second-order valence-corrected chi connectivity index (χ2v) is 8.91. The Hall–Kier alpha value is -2.97. The van der Waals surface area contributed by atoms with Crippen molar-refractivity contribution in [1.29, 1.82) is 0 Å². The van der Waals surface area contributed by atoms with Crippen LogP contribution >= 0.6 is 11.3 Å². The summed E-state index contributed by atoms with van der Waals surface area (Å²) in [6, 6.07) is 11.4. The summed E-state index contributed by atoms with van der Waals surface area (Å²) < 4.78 is 6.77. The minimum absolute atomic E-state index is 0.0152. The SMILES string of the molecule is CCN(CC)Cc1ccc(C(=O)NNC(=O)C2CC=CCC2c2nc3ccccc3s2)o1. The molecule has 168 valence electrons. The number of furan rings is 1. The summed E-state index contributed by atoms with van der Waals surface area (Å²) in [5.74, 6) is -0.0968. The van der Waals surface area contributed by atoms with Crippen molar-refractivity contribution in [2.45, 2.75) is 39.2 Å². The molecule has 2 atom stereocenters. The van der Waals surface area contributed by atoms with Crippen molar-refractivity contribution in [2.75, 3.05) is 13.1 Å². The molecular formula is C24H28N4O3S. The quantitative estimate of drug-likeness (QED) is 0.414. The number of hydrogen-bond acceptors (Lipinski definition) is 6. The van der Waals surface area contributed by atoms with Gasteiger partial charge in [0.2, 0.25) is 5.91 Å². The zero-order chi connectivity index (χ0) is 22.5. The van der Waals surface area contributed by atoms with E-state index in [0.717, 1.165) is 40.5 Å². The summed E-state index contributed by atoms with van der Waals surface area (Å²) in [5, 5.41) is 0.953. The molecule has 2 aromatic heterocycles. The van der Waals surface area contributed by atoms with Crippen LogP contribution in [-0.2, 0) is 11.3 Å². The first-order valence-electron chi connectivity index (χ1n) is 11.0. The van der Waals surface area contributed by atoms with Crippen LogP contribution in [0, 0.1) is 5.92 Å². The highest BCUT2D eigenvalue weighted by Crippen LogP contribution is 2.38. The molecule has 0 bridgehead atoms. The fourth-order valence-corrected chi connectivity index (χ4v) is 5.10. The molecule has 32 heavy (non-hydrogen) atoms. The van der Waals surface area contributed by atoms with Crippen LogP contribution in [0.25, 0.3) is 10.2 Å². The Bertz CT molecular complexity index is 1080. The summed E-state index contributed by atoms with van der Waals surface area (Å²) in [4.78, 5) is 32.4. The molecule has 2 unspecified atom stereocenters. The molecule has 0 spiro atoms. The molecule has 3 aromatic rings. The molecular weight excluding hydrogens is 424 g/mol. The lowest BCUT2D eigenvalue weighted by atomic mass is 9.83. The van der Waals surface area contributed by atoms with Crippen molar-refractivity contribution in [2.24, 2.45) is 5.92 Å². The van der Waals surface area contributed by atoms with E-state index in [0.29, 0.717) is 13.0 Å². The van der Waals surface area contributed by atoms with Crippen LogP contribution in [0.15, 0.2) is 53.0 Å². The average Bonchev–Trinajstić information content (AvgIpc) is 3.48. The summed E-state index contributed by atoms with van der Waals surface area (Å²) in [7, 11) is 0. The lowest BCUT2D eigenvalue weighted by molar-refractivity contribution is -0.126. The van der Waals surface area contributed by atoms with E-state index >= 15 is 0 Å². The summed E-state index contributed by atoms with van der Waals surface area (Å²) in [6.45, 7) is 6.61. The highest BCUT2D eigenvalue weighted by Gasteiger charge is 2.32. The maximum Gasteiger partial charge on any atom is 0.305 e. The van der Waals surface area contributed by atoms with Crippen molar-refractivity contribution in [3.63, 3.8) is 0 Å². The van der Waals surface area contributed by atoms with Crippen LogP contribution in [0.1, 0.15) is 53.9 Å². The van der Waals surface area contributed by atoms with E-state index in [1.165, 1.54) is 0 Å². The van der Waals surface area contributed by atoms with Crippen LogP contribution in [0.2, 0.25) is 0 Å². The highest BCUT2D eigenvalue weighted by molar-refractivity contribution is 7.18. The predicted molar refractivity (Wildman–Crippen MR) is 125 cm³/mol. The number of rotatable bonds is 7. The van der Waals surface area contributed by atoms with Crippen molar-refractivity contribution in [1.82, 2.24) is 20.7 Å². The van der Waals surface area contributed by atoms with Gasteiger partial charge in [-0.15, -0.1) is 11.3 Å². The molecule has 0 aliphatic heterocycles. The standard InChI is InChI=1S/C24H28N4O3S/c1-3-28(4-2)15-16-13-14-20(31-16)23(30)27-26-22(29)17-9-5-6-10-18(17)24-25-19-11-7-8-12-21(19)32-24/h5-8,11-14,17-18H,3-4,9-10,15H2,1-2H3,(H,26,29)(H,27,30). The van der Waals surface area contributed by atoms with Crippen molar-refractivity contribution in [3.05, 3.63) is 65.1 Å². The zero-order valence-electron chi connectivity index (χ0n) is 18.3. The Morgan fingerprint density at radius 1 is 1.09 bits per heavy atom. The molecule has 2 N–H and O–H groups in total. The van der Waals surface area contributed by atoms with Gasteiger partial charge >= 0.3 is 5.91 Å². The smallest absolute Gasteiger partial charge is 0.305 e. The van der Waals surface area contributed by atoms with Gasteiger partial charge in [-0.05, 0) is 50.2 Å². The molecule has 1 aliphatic rings. The lowest BCUT2D eigenvalue weighted by Gasteiger charge is -2.25.